The van der Waals surface area contributed by atoms with E-state index in [1.807, 2.05) is 0 Å². The van der Waals surface area contributed by atoms with E-state index < -0.39 is 0 Å². The monoisotopic (exact) mass is 184 g/mol. The van der Waals surface area contributed by atoms with Crippen molar-refractivity contribution in [3.8, 4) is 0 Å². The van der Waals surface area contributed by atoms with E-state index in [4.69, 9.17) is 4.74 Å². The molecule has 0 bridgehead atoms. The molecule has 13 heavy (non-hydrogen) atoms. The highest BCUT2D eigenvalue weighted by atomic mass is 16.5. The molecule has 2 atom stereocenters. The van der Waals surface area contributed by atoms with Gasteiger partial charge in [-0.1, -0.05) is 6.42 Å². The highest BCUT2D eigenvalue weighted by Gasteiger charge is 2.39. The van der Waals surface area contributed by atoms with Crippen LogP contribution in [-0.2, 0) is 4.74 Å². The Hall–Kier alpha value is -0.0800. The van der Waals surface area contributed by atoms with Gasteiger partial charge in [0.05, 0.1) is 12.2 Å². The van der Waals surface area contributed by atoms with Crippen molar-refractivity contribution in [2.24, 2.45) is 5.41 Å². The SMILES string of the molecule is CC1CCC(CC2(CO)CCC2)O1. The lowest BCUT2D eigenvalue weighted by Gasteiger charge is -2.41. The predicted molar refractivity (Wildman–Crippen MR) is 51.6 cm³/mol. The van der Waals surface area contributed by atoms with Gasteiger partial charge in [-0.05, 0) is 44.4 Å². The number of aliphatic hydroxyl groups is 1. The molecular weight excluding hydrogens is 164 g/mol. The van der Waals surface area contributed by atoms with Crippen LogP contribution in [0.25, 0.3) is 0 Å². The van der Waals surface area contributed by atoms with Gasteiger partial charge >= 0.3 is 0 Å². The summed E-state index contributed by atoms with van der Waals surface area (Å²) in [5, 5.41) is 9.31. The molecule has 76 valence electrons. The van der Waals surface area contributed by atoms with Gasteiger partial charge in [0.2, 0.25) is 0 Å². The molecule has 1 aliphatic heterocycles. The van der Waals surface area contributed by atoms with Crippen LogP contribution in [0.5, 0.6) is 0 Å². The van der Waals surface area contributed by atoms with Gasteiger partial charge in [-0.25, -0.2) is 0 Å². The molecule has 1 heterocycles. The third-order valence-corrected chi connectivity index (χ3v) is 3.73. The van der Waals surface area contributed by atoms with Crippen LogP contribution in [0.1, 0.15) is 45.4 Å². The fraction of sp³-hybridized carbons (Fsp3) is 1.00. The Morgan fingerprint density at radius 3 is 2.54 bits per heavy atom. The van der Waals surface area contributed by atoms with E-state index in [-0.39, 0.29) is 5.41 Å². The second-order valence-corrected chi connectivity index (χ2v) is 4.86. The van der Waals surface area contributed by atoms with Gasteiger partial charge in [0.1, 0.15) is 0 Å². The van der Waals surface area contributed by atoms with E-state index in [0.717, 1.165) is 6.42 Å². The van der Waals surface area contributed by atoms with Crippen LogP contribution >= 0.6 is 0 Å². The van der Waals surface area contributed by atoms with E-state index in [1.54, 1.807) is 0 Å². The molecule has 2 aliphatic rings. The maximum atomic E-state index is 9.31. The van der Waals surface area contributed by atoms with Gasteiger partial charge in [-0.15, -0.1) is 0 Å². The van der Waals surface area contributed by atoms with Crippen LogP contribution in [0.4, 0.5) is 0 Å². The Morgan fingerprint density at radius 1 is 1.38 bits per heavy atom. The van der Waals surface area contributed by atoms with Gasteiger partial charge in [-0.2, -0.15) is 0 Å². The molecule has 1 aliphatic carbocycles. The summed E-state index contributed by atoms with van der Waals surface area (Å²) in [6.07, 6.45) is 8.07. The summed E-state index contributed by atoms with van der Waals surface area (Å²) >= 11 is 0. The van der Waals surface area contributed by atoms with Crippen molar-refractivity contribution in [2.45, 2.75) is 57.7 Å². The molecule has 2 heteroatoms. The number of ether oxygens (including phenoxy) is 1. The maximum absolute atomic E-state index is 9.31. The fourth-order valence-electron chi connectivity index (χ4n) is 2.62. The number of hydrogen-bond donors (Lipinski definition) is 1. The quantitative estimate of drug-likeness (QED) is 0.728. The summed E-state index contributed by atoms with van der Waals surface area (Å²) < 4.78 is 5.78. The van der Waals surface area contributed by atoms with Crippen LogP contribution in [0.15, 0.2) is 0 Å². The molecule has 0 amide bonds. The molecule has 0 radical (unpaired) electrons. The van der Waals surface area contributed by atoms with E-state index >= 15 is 0 Å². The fourth-order valence-corrected chi connectivity index (χ4v) is 2.62. The number of aliphatic hydroxyl groups excluding tert-OH is 1. The van der Waals surface area contributed by atoms with Gasteiger partial charge in [-0.3, -0.25) is 0 Å². The summed E-state index contributed by atoms with van der Waals surface area (Å²) in [5.41, 5.74) is 0.245. The summed E-state index contributed by atoms with van der Waals surface area (Å²) in [5.74, 6) is 0. The molecule has 1 N–H and O–H groups in total. The highest BCUT2D eigenvalue weighted by Crippen LogP contribution is 2.46. The molecule has 2 unspecified atom stereocenters. The molecule has 0 spiro atoms. The van der Waals surface area contributed by atoms with Crippen LogP contribution < -0.4 is 0 Å². The summed E-state index contributed by atoms with van der Waals surface area (Å²) in [4.78, 5) is 0. The van der Waals surface area contributed by atoms with Crippen LogP contribution in [0, 0.1) is 5.41 Å². The first-order chi connectivity index (χ1) is 6.24. The van der Waals surface area contributed by atoms with Crippen molar-refractivity contribution in [1.82, 2.24) is 0 Å². The van der Waals surface area contributed by atoms with Crippen molar-refractivity contribution in [3.63, 3.8) is 0 Å². The van der Waals surface area contributed by atoms with Gasteiger partial charge < -0.3 is 9.84 Å². The smallest absolute Gasteiger partial charge is 0.0585 e. The highest BCUT2D eigenvalue weighted by molar-refractivity contribution is 4.90. The summed E-state index contributed by atoms with van der Waals surface area (Å²) in [6, 6.07) is 0. The van der Waals surface area contributed by atoms with Crippen LogP contribution in [0.2, 0.25) is 0 Å². The second-order valence-electron chi connectivity index (χ2n) is 4.86. The zero-order valence-corrected chi connectivity index (χ0v) is 8.46. The maximum Gasteiger partial charge on any atom is 0.0585 e. The second kappa shape index (κ2) is 3.58. The van der Waals surface area contributed by atoms with Crippen LogP contribution in [0.3, 0.4) is 0 Å². The first kappa shape index (κ1) is 9.47. The minimum atomic E-state index is 0.245. The minimum Gasteiger partial charge on any atom is -0.396 e. The largest absolute Gasteiger partial charge is 0.396 e. The first-order valence-corrected chi connectivity index (χ1v) is 5.50. The van der Waals surface area contributed by atoms with Crippen LogP contribution in [-0.4, -0.2) is 23.9 Å². The zero-order chi connectivity index (χ0) is 9.31. The molecule has 0 aromatic carbocycles. The van der Waals surface area contributed by atoms with E-state index in [9.17, 15) is 5.11 Å². The Kier molecular flexibility index (Phi) is 2.61. The Morgan fingerprint density at radius 2 is 2.15 bits per heavy atom. The average Bonchev–Trinajstić information content (AvgIpc) is 2.44. The summed E-state index contributed by atoms with van der Waals surface area (Å²) in [6.45, 7) is 2.51. The van der Waals surface area contributed by atoms with E-state index in [1.165, 1.54) is 32.1 Å². The van der Waals surface area contributed by atoms with E-state index in [0.29, 0.717) is 18.8 Å². The third kappa shape index (κ3) is 1.89. The Bertz CT molecular complexity index is 169. The first-order valence-electron chi connectivity index (χ1n) is 5.50. The number of rotatable bonds is 3. The van der Waals surface area contributed by atoms with E-state index in [2.05, 4.69) is 6.92 Å². The number of hydrogen-bond acceptors (Lipinski definition) is 2. The van der Waals surface area contributed by atoms with Crippen molar-refractivity contribution in [3.05, 3.63) is 0 Å². The molecular formula is C11H20O2. The average molecular weight is 184 g/mol. The lowest BCUT2D eigenvalue weighted by atomic mass is 9.66. The predicted octanol–water partition coefficient (Wildman–Crippen LogP) is 2.11. The molecule has 2 rings (SSSR count). The van der Waals surface area contributed by atoms with Crippen molar-refractivity contribution >= 4 is 0 Å². The Labute approximate surface area is 80.3 Å². The molecule has 0 aromatic rings. The normalized spacial score (nSPS) is 37.4. The van der Waals surface area contributed by atoms with Gasteiger partial charge in [0.25, 0.3) is 0 Å². The molecule has 1 saturated heterocycles. The standard InChI is InChI=1S/C11H20O2/c1-9-3-4-10(13-9)7-11(8-12)5-2-6-11/h9-10,12H,2-8H2,1H3. The molecule has 2 nitrogen and oxygen atoms in total. The minimum absolute atomic E-state index is 0.245. The molecule has 2 fully saturated rings. The Balaban J connectivity index is 1.83. The topological polar surface area (TPSA) is 29.5 Å². The lowest BCUT2D eigenvalue weighted by Crippen LogP contribution is -2.36. The third-order valence-electron chi connectivity index (χ3n) is 3.73. The lowest BCUT2D eigenvalue weighted by molar-refractivity contribution is -0.0313. The molecule has 1 saturated carbocycles. The zero-order valence-electron chi connectivity index (χ0n) is 8.46. The van der Waals surface area contributed by atoms with Crippen molar-refractivity contribution < 1.29 is 9.84 Å². The van der Waals surface area contributed by atoms with Gasteiger partial charge in [0, 0.05) is 6.61 Å². The molecule has 0 aromatic heterocycles. The van der Waals surface area contributed by atoms with Crippen molar-refractivity contribution in [1.29, 1.82) is 0 Å². The van der Waals surface area contributed by atoms with Crippen molar-refractivity contribution in [2.75, 3.05) is 6.61 Å². The summed E-state index contributed by atoms with van der Waals surface area (Å²) in [7, 11) is 0. The van der Waals surface area contributed by atoms with Gasteiger partial charge in [0.15, 0.2) is 0 Å².